The van der Waals surface area contributed by atoms with Gasteiger partial charge < -0.3 is 15.0 Å². The SMILES string of the molecule is CNCCCC(=O)N1CCCN(CC2CCCO2)CC1. The van der Waals surface area contributed by atoms with Gasteiger partial charge in [-0.1, -0.05) is 0 Å². The molecule has 116 valence electrons. The average Bonchev–Trinajstić information content (AvgIpc) is 2.84. The quantitative estimate of drug-likeness (QED) is 0.729. The smallest absolute Gasteiger partial charge is 0.222 e. The fourth-order valence-electron chi connectivity index (χ4n) is 3.05. The minimum absolute atomic E-state index is 0.319. The van der Waals surface area contributed by atoms with Crippen molar-refractivity contribution in [2.75, 3.05) is 52.9 Å². The van der Waals surface area contributed by atoms with Crippen LogP contribution in [0.3, 0.4) is 0 Å². The molecule has 0 spiro atoms. The number of nitrogens with one attached hydrogen (secondary N) is 1. The Morgan fingerprint density at radius 3 is 2.90 bits per heavy atom. The first-order valence-corrected chi connectivity index (χ1v) is 8.06. The van der Waals surface area contributed by atoms with Crippen LogP contribution in [-0.4, -0.2) is 74.7 Å². The molecule has 2 aliphatic heterocycles. The largest absolute Gasteiger partial charge is 0.377 e. The van der Waals surface area contributed by atoms with Gasteiger partial charge in [-0.2, -0.15) is 0 Å². The van der Waals surface area contributed by atoms with Crippen molar-refractivity contribution in [1.82, 2.24) is 15.1 Å². The third-order valence-corrected chi connectivity index (χ3v) is 4.24. The molecule has 2 rings (SSSR count). The zero-order chi connectivity index (χ0) is 14.2. The standard InChI is InChI=1S/C15H29N3O2/c1-16-7-2-6-15(19)18-9-4-8-17(10-11-18)13-14-5-3-12-20-14/h14,16H,2-13H2,1H3. The van der Waals surface area contributed by atoms with E-state index in [1.54, 1.807) is 0 Å². The zero-order valence-electron chi connectivity index (χ0n) is 12.8. The number of amides is 1. The van der Waals surface area contributed by atoms with E-state index in [0.29, 0.717) is 18.4 Å². The molecule has 2 aliphatic rings. The molecule has 2 fully saturated rings. The molecule has 1 atom stereocenters. The molecule has 1 amide bonds. The van der Waals surface area contributed by atoms with Crippen molar-refractivity contribution in [2.45, 2.75) is 38.2 Å². The summed E-state index contributed by atoms with van der Waals surface area (Å²) in [6, 6.07) is 0. The molecule has 5 nitrogen and oxygen atoms in total. The molecule has 0 saturated carbocycles. The van der Waals surface area contributed by atoms with E-state index in [4.69, 9.17) is 4.74 Å². The van der Waals surface area contributed by atoms with Crippen molar-refractivity contribution in [3.63, 3.8) is 0 Å². The van der Waals surface area contributed by atoms with Crippen LogP contribution in [0, 0.1) is 0 Å². The van der Waals surface area contributed by atoms with Gasteiger partial charge in [0, 0.05) is 39.2 Å². The molecule has 1 unspecified atom stereocenters. The van der Waals surface area contributed by atoms with Gasteiger partial charge in [0.15, 0.2) is 0 Å². The molecular formula is C15H29N3O2. The third kappa shape index (κ3) is 5.04. The maximum atomic E-state index is 12.1. The maximum Gasteiger partial charge on any atom is 0.222 e. The molecule has 20 heavy (non-hydrogen) atoms. The molecule has 0 aromatic heterocycles. The fourth-order valence-corrected chi connectivity index (χ4v) is 3.05. The minimum atomic E-state index is 0.319. The number of hydrogen-bond donors (Lipinski definition) is 1. The number of carbonyl (C=O) groups is 1. The number of carbonyl (C=O) groups excluding carboxylic acids is 1. The zero-order valence-corrected chi connectivity index (χ0v) is 12.8. The number of nitrogens with zero attached hydrogens (tertiary/aromatic N) is 2. The van der Waals surface area contributed by atoms with Crippen LogP contribution in [0.25, 0.3) is 0 Å². The van der Waals surface area contributed by atoms with Gasteiger partial charge in [-0.05, 0) is 45.8 Å². The monoisotopic (exact) mass is 283 g/mol. The van der Waals surface area contributed by atoms with Crippen LogP contribution in [0.15, 0.2) is 0 Å². The Labute approximate surface area is 122 Å². The Morgan fingerprint density at radius 2 is 2.15 bits per heavy atom. The van der Waals surface area contributed by atoms with E-state index in [2.05, 4.69) is 10.2 Å². The normalized spacial score (nSPS) is 24.9. The Balaban J connectivity index is 1.69. The highest BCUT2D eigenvalue weighted by Gasteiger charge is 2.22. The highest BCUT2D eigenvalue weighted by atomic mass is 16.5. The number of ether oxygens (including phenoxy) is 1. The molecule has 0 radical (unpaired) electrons. The summed E-state index contributed by atoms with van der Waals surface area (Å²) < 4.78 is 5.71. The van der Waals surface area contributed by atoms with Crippen molar-refractivity contribution in [1.29, 1.82) is 0 Å². The van der Waals surface area contributed by atoms with Gasteiger partial charge in [0.1, 0.15) is 0 Å². The van der Waals surface area contributed by atoms with Gasteiger partial charge in [0.05, 0.1) is 6.10 Å². The van der Waals surface area contributed by atoms with Crippen LogP contribution in [0.2, 0.25) is 0 Å². The van der Waals surface area contributed by atoms with Gasteiger partial charge in [0.2, 0.25) is 5.91 Å². The van der Waals surface area contributed by atoms with Crippen LogP contribution in [-0.2, 0) is 9.53 Å². The first-order valence-electron chi connectivity index (χ1n) is 8.06. The molecule has 1 N–H and O–H groups in total. The number of hydrogen-bond acceptors (Lipinski definition) is 4. The Morgan fingerprint density at radius 1 is 1.25 bits per heavy atom. The first kappa shape index (κ1) is 15.7. The highest BCUT2D eigenvalue weighted by Crippen LogP contribution is 2.15. The van der Waals surface area contributed by atoms with E-state index in [1.165, 1.54) is 12.8 Å². The molecule has 2 heterocycles. The van der Waals surface area contributed by atoms with Gasteiger partial charge in [-0.25, -0.2) is 0 Å². The summed E-state index contributed by atoms with van der Waals surface area (Å²) in [5.41, 5.74) is 0. The highest BCUT2D eigenvalue weighted by molar-refractivity contribution is 5.76. The van der Waals surface area contributed by atoms with Crippen molar-refractivity contribution in [3.8, 4) is 0 Å². The van der Waals surface area contributed by atoms with Gasteiger partial charge in [-0.3, -0.25) is 9.69 Å². The molecule has 0 bridgehead atoms. The van der Waals surface area contributed by atoms with E-state index >= 15 is 0 Å². The Kier molecular flexibility index (Phi) is 6.76. The summed E-state index contributed by atoms with van der Waals surface area (Å²) in [5.74, 6) is 0.319. The van der Waals surface area contributed by atoms with Crippen molar-refractivity contribution in [2.24, 2.45) is 0 Å². The van der Waals surface area contributed by atoms with Crippen molar-refractivity contribution < 1.29 is 9.53 Å². The van der Waals surface area contributed by atoms with Crippen molar-refractivity contribution in [3.05, 3.63) is 0 Å². The lowest BCUT2D eigenvalue weighted by molar-refractivity contribution is -0.131. The molecule has 0 aliphatic carbocycles. The van der Waals surface area contributed by atoms with Crippen molar-refractivity contribution >= 4 is 5.91 Å². The molecule has 0 aromatic rings. The second kappa shape index (κ2) is 8.60. The van der Waals surface area contributed by atoms with Gasteiger partial charge in [-0.15, -0.1) is 0 Å². The van der Waals surface area contributed by atoms with Gasteiger partial charge in [0.25, 0.3) is 0 Å². The lowest BCUT2D eigenvalue weighted by Gasteiger charge is -2.24. The summed E-state index contributed by atoms with van der Waals surface area (Å²) in [6.45, 7) is 6.78. The van der Waals surface area contributed by atoms with E-state index in [0.717, 1.165) is 58.7 Å². The van der Waals surface area contributed by atoms with E-state index in [-0.39, 0.29) is 0 Å². The van der Waals surface area contributed by atoms with E-state index in [1.807, 2.05) is 11.9 Å². The lowest BCUT2D eigenvalue weighted by Crippen LogP contribution is -2.37. The summed E-state index contributed by atoms with van der Waals surface area (Å²) >= 11 is 0. The molecule has 0 aromatic carbocycles. The van der Waals surface area contributed by atoms with Crippen LogP contribution in [0.4, 0.5) is 0 Å². The minimum Gasteiger partial charge on any atom is -0.377 e. The van der Waals surface area contributed by atoms with Crippen LogP contribution in [0.1, 0.15) is 32.1 Å². The fraction of sp³-hybridized carbons (Fsp3) is 0.933. The number of rotatable bonds is 6. The van der Waals surface area contributed by atoms with E-state index in [9.17, 15) is 4.79 Å². The summed E-state index contributed by atoms with van der Waals surface area (Å²) in [7, 11) is 1.93. The Hall–Kier alpha value is -0.650. The second-order valence-electron chi connectivity index (χ2n) is 5.88. The third-order valence-electron chi connectivity index (χ3n) is 4.24. The summed E-state index contributed by atoms with van der Waals surface area (Å²) in [4.78, 5) is 16.6. The lowest BCUT2D eigenvalue weighted by atomic mass is 10.2. The Bertz CT molecular complexity index is 293. The van der Waals surface area contributed by atoms with Crippen LogP contribution >= 0.6 is 0 Å². The topological polar surface area (TPSA) is 44.8 Å². The predicted octanol–water partition coefficient (Wildman–Crippen LogP) is 0.699. The first-order chi connectivity index (χ1) is 9.79. The predicted molar refractivity (Wildman–Crippen MR) is 79.8 cm³/mol. The average molecular weight is 283 g/mol. The molecule has 2 saturated heterocycles. The summed E-state index contributed by atoms with van der Waals surface area (Å²) in [5, 5.41) is 3.09. The van der Waals surface area contributed by atoms with Crippen LogP contribution in [0.5, 0.6) is 0 Å². The maximum absolute atomic E-state index is 12.1. The second-order valence-corrected chi connectivity index (χ2v) is 5.88. The molecule has 5 heteroatoms. The van der Waals surface area contributed by atoms with Gasteiger partial charge >= 0.3 is 0 Å². The van der Waals surface area contributed by atoms with E-state index < -0.39 is 0 Å². The molecular weight excluding hydrogens is 254 g/mol. The van der Waals surface area contributed by atoms with Crippen LogP contribution < -0.4 is 5.32 Å². The summed E-state index contributed by atoms with van der Waals surface area (Å²) in [6.07, 6.45) is 5.52.